The van der Waals surface area contributed by atoms with Crippen LogP contribution >= 0.6 is 27.3 Å². The quantitative estimate of drug-likeness (QED) is 0.883. The molecule has 1 unspecified atom stereocenters. The van der Waals surface area contributed by atoms with Crippen molar-refractivity contribution in [1.29, 1.82) is 0 Å². The lowest BCUT2D eigenvalue weighted by Gasteiger charge is -2.17. The zero-order valence-electron chi connectivity index (χ0n) is 10.9. The first-order valence-electron chi connectivity index (χ1n) is 5.77. The van der Waals surface area contributed by atoms with Gasteiger partial charge in [-0.15, -0.1) is 11.3 Å². The van der Waals surface area contributed by atoms with Crippen molar-refractivity contribution in [1.82, 2.24) is 4.72 Å². The highest BCUT2D eigenvalue weighted by Crippen LogP contribution is 2.30. The van der Waals surface area contributed by atoms with Crippen LogP contribution in [0.1, 0.15) is 19.4 Å². The molecule has 0 bridgehead atoms. The van der Waals surface area contributed by atoms with Crippen LogP contribution in [0.5, 0.6) is 0 Å². The number of halogens is 1. The first kappa shape index (κ1) is 15.4. The van der Waals surface area contributed by atoms with Gasteiger partial charge in [-0.3, -0.25) is 0 Å². The lowest BCUT2D eigenvalue weighted by molar-refractivity contribution is -0.137. The SMILES string of the molecule is Cc1cc(S(=O)(=O)NCC2COC(C)(C)O2)sc1Br. The first-order valence-corrected chi connectivity index (χ1v) is 8.86. The van der Waals surface area contributed by atoms with Gasteiger partial charge in [-0.2, -0.15) is 0 Å². The van der Waals surface area contributed by atoms with Crippen LogP contribution in [0.2, 0.25) is 0 Å². The van der Waals surface area contributed by atoms with E-state index in [4.69, 9.17) is 9.47 Å². The summed E-state index contributed by atoms with van der Waals surface area (Å²) in [5, 5.41) is 0. The van der Waals surface area contributed by atoms with E-state index in [2.05, 4.69) is 20.7 Å². The minimum atomic E-state index is -3.48. The summed E-state index contributed by atoms with van der Waals surface area (Å²) in [6.07, 6.45) is -0.255. The topological polar surface area (TPSA) is 64.6 Å². The highest BCUT2D eigenvalue weighted by molar-refractivity contribution is 9.11. The van der Waals surface area contributed by atoms with Crippen molar-refractivity contribution >= 4 is 37.3 Å². The molecule has 0 amide bonds. The molecule has 0 saturated carbocycles. The van der Waals surface area contributed by atoms with Crippen molar-refractivity contribution in [3.05, 3.63) is 15.4 Å². The summed E-state index contributed by atoms with van der Waals surface area (Å²) >= 11 is 4.52. The molecule has 108 valence electrons. The third-order valence-electron chi connectivity index (χ3n) is 2.67. The third-order valence-corrected chi connectivity index (χ3v) is 6.70. The van der Waals surface area contributed by atoms with Gasteiger partial charge in [0.25, 0.3) is 0 Å². The van der Waals surface area contributed by atoms with Gasteiger partial charge in [0.2, 0.25) is 10.0 Å². The molecule has 2 heterocycles. The fraction of sp³-hybridized carbons (Fsp3) is 0.636. The minimum Gasteiger partial charge on any atom is -0.348 e. The normalized spacial score (nSPS) is 22.8. The molecule has 1 saturated heterocycles. The summed E-state index contributed by atoms with van der Waals surface area (Å²) in [6, 6.07) is 1.65. The number of sulfonamides is 1. The molecule has 19 heavy (non-hydrogen) atoms. The number of nitrogens with one attached hydrogen (secondary N) is 1. The van der Waals surface area contributed by atoms with E-state index in [0.29, 0.717) is 10.8 Å². The molecule has 8 heteroatoms. The summed E-state index contributed by atoms with van der Waals surface area (Å²) in [6.45, 7) is 6.07. The van der Waals surface area contributed by atoms with Crippen molar-refractivity contribution in [2.75, 3.05) is 13.2 Å². The molecule has 0 radical (unpaired) electrons. The average molecular weight is 370 g/mol. The summed E-state index contributed by atoms with van der Waals surface area (Å²) in [5.41, 5.74) is 0.909. The van der Waals surface area contributed by atoms with E-state index in [1.165, 1.54) is 11.3 Å². The van der Waals surface area contributed by atoms with Gasteiger partial charge in [-0.1, -0.05) is 0 Å². The molecule has 1 aliphatic heterocycles. The van der Waals surface area contributed by atoms with Crippen molar-refractivity contribution in [2.45, 2.75) is 36.9 Å². The number of rotatable bonds is 4. The Morgan fingerprint density at radius 2 is 2.26 bits per heavy atom. The van der Waals surface area contributed by atoms with E-state index in [0.717, 1.165) is 9.35 Å². The average Bonchev–Trinajstić information content (AvgIpc) is 2.81. The molecule has 1 fully saturated rings. The van der Waals surface area contributed by atoms with E-state index in [1.54, 1.807) is 19.9 Å². The van der Waals surface area contributed by atoms with E-state index < -0.39 is 15.8 Å². The van der Waals surface area contributed by atoms with Gasteiger partial charge in [0.1, 0.15) is 4.21 Å². The zero-order valence-corrected chi connectivity index (χ0v) is 14.1. The molecular weight excluding hydrogens is 354 g/mol. The zero-order chi connectivity index (χ0) is 14.3. The van der Waals surface area contributed by atoms with Crippen molar-refractivity contribution in [3.63, 3.8) is 0 Å². The summed E-state index contributed by atoms with van der Waals surface area (Å²) in [5.74, 6) is -0.640. The minimum absolute atomic E-state index is 0.209. The van der Waals surface area contributed by atoms with Crippen molar-refractivity contribution < 1.29 is 17.9 Å². The Morgan fingerprint density at radius 3 is 2.74 bits per heavy atom. The number of hydrogen-bond donors (Lipinski definition) is 1. The summed E-state index contributed by atoms with van der Waals surface area (Å²) in [4.78, 5) is 0. The summed E-state index contributed by atoms with van der Waals surface area (Å²) in [7, 11) is -3.48. The molecule has 1 aromatic heterocycles. The number of hydrogen-bond acceptors (Lipinski definition) is 5. The maximum atomic E-state index is 12.1. The Morgan fingerprint density at radius 1 is 1.58 bits per heavy atom. The highest BCUT2D eigenvalue weighted by Gasteiger charge is 2.33. The Balaban J connectivity index is 1.99. The molecule has 0 aliphatic carbocycles. The van der Waals surface area contributed by atoms with Crippen molar-refractivity contribution in [2.24, 2.45) is 0 Å². The standard InChI is InChI=1S/C11H16BrNO4S2/c1-7-4-9(18-10(7)12)19(14,15)13-5-8-6-16-11(2,3)17-8/h4,8,13H,5-6H2,1-3H3. The molecule has 0 aromatic carbocycles. The van der Waals surface area contributed by atoms with E-state index in [9.17, 15) is 8.42 Å². The Bertz CT molecular complexity index is 548. The molecule has 1 aliphatic rings. The highest BCUT2D eigenvalue weighted by atomic mass is 79.9. The monoisotopic (exact) mass is 369 g/mol. The van der Waals surface area contributed by atoms with Crippen molar-refractivity contribution in [3.8, 4) is 0 Å². The van der Waals surface area contributed by atoms with Crippen LogP contribution < -0.4 is 4.72 Å². The maximum Gasteiger partial charge on any atom is 0.250 e. The summed E-state index contributed by atoms with van der Waals surface area (Å²) < 4.78 is 38.8. The fourth-order valence-corrected chi connectivity index (χ4v) is 5.04. The number of thiophene rings is 1. The lowest BCUT2D eigenvalue weighted by atomic mass is 10.4. The van der Waals surface area contributed by atoms with E-state index in [-0.39, 0.29) is 12.6 Å². The molecule has 5 nitrogen and oxygen atoms in total. The third kappa shape index (κ3) is 3.77. The van der Waals surface area contributed by atoms with Gasteiger partial charge < -0.3 is 9.47 Å². The first-order chi connectivity index (χ1) is 8.70. The van der Waals surface area contributed by atoms with Crippen LogP contribution in [0, 0.1) is 6.92 Å². The van der Waals surface area contributed by atoms with Gasteiger partial charge in [0, 0.05) is 6.54 Å². The van der Waals surface area contributed by atoms with E-state index in [1.807, 2.05) is 6.92 Å². The Hall–Kier alpha value is 0.01000. The van der Waals surface area contributed by atoms with Gasteiger partial charge in [-0.25, -0.2) is 13.1 Å². The lowest BCUT2D eigenvalue weighted by Crippen LogP contribution is -2.34. The number of ether oxygens (including phenoxy) is 2. The van der Waals surface area contributed by atoms with Crippen LogP contribution in [-0.4, -0.2) is 33.5 Å². The van der Waals surface area contributed by atoms with Gasteiger partial charge in [-0.05, 0) is 48.3 Å². The molecule has 1 atom stereocenters. The van der Waals surface area contributed by atoms with Crippen LogP contribution in [0.3, 0.4) is 0 Å². The van der Waals surface area contributed by atoms with Crippen LogP contribution in [0.25, 0.3) is 0 Å². The van der Waals surface area contributed by atoms with Crippen LogP contribution in [-0.2, 0) is 19.5 Å². The second-order valence-corrected chi connectivity index (χ2v) is 9.19. The van der Waals surface area contributed by atoms with Crippen LogP contribution in [0.15, 0.2) is 14.1 Å². The number of aryl methyl sites for hydroxylation is 1. The predicted molar refractivity (Wildman–Crippen MR) is 76.8 cm³/mol. The van der Waals surface area contributed by atoms with E-state index >= 15 is 0 Å². The largest absolute Gasteiger partial charge is 0.348 e. The van der Waals surface area contributed by atoms with Gasteiger partial charge >= 0.3 is 0 Å². The second-order valence-electron chi connectivity index (χ2n) is 4.82. The second kappa shape index (κ2) is 5.42. The molecule has 0 spiro atoms. The molecule has 2 rings (SSSR count). The molecule has 1 N–H and O–H groups in total. The van der Waals surface area contributed by atoms with Crippen LogP contribution in [0.4, 0.5) is 0 Å². The predicted octanol–water partition coefficient (Wildman–Crippen LogP) is 2.25. The van der Waals surface area contributed by atoms with Gasteiger partial charge in [0.05, 0.1) is 16.5 Å². The maximum absolute atomic E-state index is 12.1. The Kier molecular flexibility index (Phi) is 4.39. The Labute approximate surface area is 125 Å². The molecular formula is C11H16BrNO4S2. The van der Waals surface area contributed by atoms with Gasteiger partial charge in [0.15, 0.2) is 5.79 Å². The smallest absolute Gasteiger partial charge is 0.250 e. The fourth-order valence-electron chi connectivity index (χ4n) is 1.70. The molecule has 1 aromatic rings.